The number of rotatable bonds is 6. The molecule has 0 amide bonds. The zero-order valence-corrected chi connectivity index (χ0v) is 10.7. The molecule has 0 aliphatic heterocycles. The van der Waals surface area contributed by atoms with Crippen molar-refractivity contribution >= 4 is 0 Å². The van der Waals surface area contributed by atoms with E-state index in [1.165, 1.54) is 18.4 Å². The molecule has 90 valence electrons. The molecule has 0 saturated heterocycles. The van der Waals surface area contributed by atoms with Crippen LogP contribution in [0.15, 0.2) is 30.3 Å². The Labute approximate surface area is 99.5 Å². The number of benzene rings is 1. The Hall–Kier alpha value is -0.820. The molecule has 0 heterocycles. The molecule has 0 spiro atoms. The molecule has 0 bridgehead atoms. The molecule has 1 heteroatoms. The van der Waals surface area contributed by atoms with E-state index in [-0.39, 0.29) is 0 Å². The lowest BCUT2D eigenvalue weighted by atomic mass is 9.86. The van der Waals surface area contributed by atoms with Crippen molar-refractivity contribution in [3.05, 3.63) is 35.9 Å². The molecule has 16 heavy (non-hydrogen) atoms. The zero-order valence-electron chi connectivity index (χ0n) is 10.7. The monoisotopic (exact) mass is 220 g/mol. The quantitative estimate of drug-likeness (QED) is 0.773. The topological polar surface area (TPSA) is 20.2 Å². The van der Waals surface area contributed by atoms with Crippen LogP contribution < -0.4 is 0 Å². The summed E-state index contributed by atoms with van der Waals surface area (Å²) in [5.41, 5.74) is 0.645. The molecule has 1 rings (SSSR count). The van der Waals surface area contributed by atoms with Gasteiger partial charge >= 0.3 is 0 Å². The second-order valence-electron chi connectivity index (χ2n) is 5.26. The number of aliphatic hydroxyl groups is 1. The van der Waals surface area contributed by atoms with Gasteiger partial charge in [-0.05, 0) is 24.8 Å². The van der Waals surface area contributed by atoms with Crippen LogP contribution in [0.3, 0.4) is 0 Å². The second-order valence-corrected chi connectivity index (χ2v) is 5.26. The van der Waals surface area contributed by atoms with E-state index in [1.807, 2.05) is 25.1 Å². The molecule has 0 fully saturated rings. The highest BCUT2D eigenvalue weighted by molar-refractivity contribution is 5.16. The van der Waals surface area contributed by atoms with Crippen LogP contribution >= 0.6 is 0 Å². The van der Waals surface area contributed by atoms with E-state index in [1.54, 1.807) is 0 Å². The predicted molar refractivity (Wildman–Crippen MR) is 69.5 cm³/mol. The maximum atomic E-state index is 10.4. The first-order valence-corrected chi connectivity index (χ1v) is 6.30. The third-order valence-corrected chi connectivity index (χ3v) is 3.00. The average molecular weight is 220 g/mol. The van der Waals surface area contributed by atoms with Crippen LogP contribution in [0.4, 0.5) is 0 Å². The highest BCUT2D eigenvalue weighted by Crippen LogP contribution is 2.23. The zero-order chi connectivity index (χ0) is 12.0. The summed E-state index contributed by atoms with van der Waals surface area (Å²) in [6.07, 6.45) is 4.03. The first kappa shape index (κ1) is 13.2. The van der Waals surface area contributed by atoms with E-state index < -0.39 is 5.60 Å². The summed E-state index contributed by atoms with van der Waals surface area (Å²) in [5.74, 6) is 0.601. The van der Waals surface area contributed by atoms with Crippen LogP contribution in [-0.2, 0) is 6.42 Å². The summed E-state index contributed by atoms with van der Waals surface area (Å²) < 4.78 is 0. The molecule has 0 radical (unpaired) electrons. The maximum Gasteiger partial charge on any atom is 0.0662 e. The molecule has 2 atom stereocenters. The maximum absolute atomic E-state index is 10.4. The highest BCUT2D eigenvalue weighted by Gasteiger charge is 2.23. The van der Waals surface area contributed by atoms with Crippen molar-refractivity contribution in [2.24, 2.45) is 5.92 Å². The minimum absolute atomic E-state index is 0.573. The van der Waals surface area contributed by atoms with Gasteiger partial charge in [-0.3, -0.25) is 0 Å². The van der Waals surface area contributed by atoms with Gasteiger partial charge in [-0.2, -0.15) is 0 Å². The van der Waals surface area contributed by atoms with Crippen molar-refractivity contribution < 1.29 is 5.11 Å². The third kappa shape index (κ3) is 4.80. The van der Waals surface area contributed by atoms with Gasteiger partial charge in [0.25, 0.3) is 0 Å². The van der Waals surface area contributed by atoms with Crippen LogP contribution in [0, 0.1) is 5.92 Å². The Morgan fingerprint density at radius 3 is 2.44 bits per heavy atom. The first-order valence-electron chi connectivity index (χ1n) is 6.30. The minimum atomic E-state index is -0.573. The Morgan fingerprint density at radius 1 is 1.25 bits per heavy atom. The molecule has 1 N–H and O–H groups in total. The predicted octanol–water partition coefficient (Wildman–Crippen LogP) is 3.81. The Balaban J connectivity index is 2.51. The van der Waals surface area contributed by atoms with Crippen molar-refractivity contribution in [3.63, 3.8) is 0 Å². The Morgan fingerprint density at radius 2 is 1.88 bits per heavy atom. The van der Waals surface area contributed by atoms with Gasteiger partial charge in [-0.25, -0.2) is 0 Å². The normalized spacial score (nSPS) is 16.8. The fourth-order valence-corrected chi connectivity index (χ4v) is 2.45. The molecule has 0 aliphatic carbocycles. The Bertz CT molecular complexity index is 290. The van der Waals surface area contributed by atoms with E-state index >= 15 is 0 Å². The van der Waals surface area contributed by atoms with Crippen LogP contribution in [0.1, 0.15) is 45.6 Å². The molecule has 1 aromatic rings. The van der Waals surface area contributed by atoms with Crippen LogP contribution in [0.5, 0.6) is 0 Å². The van der Waals surface area contributed by atoms with Gasteiger partial charge in [0.15, 0.2) is 0 Å². The third-order valence-electron chi connectivity index (χ3n) is 3.00. The number of hydrogen-bond donors (Lipinski definition) is 1. The lowest BCUT2D eigenvalue weighted by molar-refractivity contribution is 0.0352. The summed E-state index contributed by atoms with van der Waals surface area (Å²) in [5, 5.41) is 10.4. The van der Waals surface area contributed by atoms with Crippen molar-refractivity contribution in [2.75, 3.05) is 0 Å². The van der Waals surface area contributed by atoms with Crippen molar-refractivity contribution in [2.45, 2.75) is 52.1 Å². The van der Waals surface area contributed by atoms with Gasteiger partial charge in [0.1, 0.15) is 0 Å². The molecular weight excluding hydrogens is 196 g/mol. The molecule has 2 unspecified atom stereocenters. The molecular formula is C15H24O. The van der Waals surface area contributed by atoms with Crippen LogP contribution in [0.2, 0.25) is 0 Å². The summed E-state index contributed by atoms with van der Waals surface area (Å²) in [4.78, 5) is 0. The number of hydrogen-bond acceptors (Lipinski definition) is 1. The summed E-state index contributed by atoms with van der Waals surface area (Å²) in [6, 6.07) is 10.2. The first-order chi connectivity index (χ1) is 7.53. The van der Waals surface area contributed by atoms with E-state index in [2.05, 4.69) is 26.0 Å². The van der Waals surface area contributed by atoms with Crippen molar-refractivity contribution in [3.8, 4) is 0 Å². The molecule has 1 nitrogen and oxygen atoms in total. The minimum Gasteiger partial charge on any atom is -0.390 e. The lowest BCUT2D eigenvalue weighted by Crippen LogP contribution is -2.29. The lowest BCUT2D eigenvalue weighted by Gasteiger charge is -2.26. The van der Waals surface area contributed by atoms with Crippen molar-refractivity contribution in [1.82, 2.24) is 0 Å². The second kappa shape index (κ2) is 6.05. The summed E-state index contributed by atoms with van der Waals surface area (Å²) in [7, 11) is 0. The molecule has 0 saturated carbocycles. The van der Waals surface area contributed by atoms with Crippen molar-refractivity contribution in [1.29, 1.82) is 0 Å². The summed E-state index contributed by atoms with van der Waals surface area (Å²) >= 11 is 0. The molecule has 0 aromatic heterocycles. The van der Waals surface area contributed by atoms with Gasteiger partial charge in [0.2, 0.25) is 0 Å². The smallest absolute Gasteiger partial charge is 0.0662 e. The Kier molecular flexibility index (Phi) is 5.01. The van der Waals surface area contributed by atoms with Gasteiger partial charge in [0, 0.05) is 6.42 Å². The molecule has 0 aliphatic rings. The molecule has 1 aromatic carbocycles. The van der Waals surface area contributed by atoms with Crippen LogP contribution in [0.25, 0.3) is 0 Å². The average Bonchev–Trinajstić information content (AvgIpc) is 2.17. The fraction of sp³-hybridized carbons (Fsp3) is 0.600. The summed E-state index contributed by atoms with van der Waals surface area (Å²) in [6.45, 7) is 6.37. The van der Waals surface area contributed by atoms with E-state index in [0.29, 0.717) is 5.92 Å². The highest BCUT2D eigenvalue weighted by atomic mass is 16.3. The van der Waals surface area contributed by atoms with Gasteiger partial charge in [-0.1, -0.05) is 57.0 Å². The van der Waals surface area contributed by atoms with E-state index in [0.717, 1.165) is 12.8 Å². The van der Waals surface area contributed by atoms with Gasteiger partial charge < -0.3 is 5.11 Å². The fourth-order valence-electron chi connectivity index (χ4n) is 2.45. The van der Waals surface area contributed by atoms with E-state index in [4.69, 9.17) is 0 Å². The van der Waals surface area contributed by atoms with Crippen LogP contribution in [-0.4, -0.2) is 10.7 Å². The largest absolute Gasteiger partial charge is 0.390 e. The SMILES string of the molecule is CCCC(C)CC(C)(O)Cc1ccccc1. The van der Waals surface area contributed by atoms with Gasteiger partial charge in [0.05, 0.1) is 5.60 Å². The standard InChI is InChI=1S/C15H24O/c1-4-8-13(2)11-15(3,16)12-14-9-6-5-7-10-14/h5-7,9-10,13,16H,4,8,11-12H2,1-3H3. The van der Waals surface area contributed by atoms with E-state index in [9.17, 15) is 5.11 Å². The van der Waals surface area contributed by atoms with Gasteiger partial charge in [-0.15, -0.1) is 0 Å².